The lowest BCUT2D eigenvalue weighted by atomic mass is 10.2. The van der Waals surface area contributed by atoms with Crippen molar-refractivity contribution in [1.82, 2.24) is 5.32 Å². The monoisotopic (exact) mass is 361 g/mol. The number of nitrogens with one attached hydrogen (secondary N) is 2. The molecule has 0 aromatic heterocycles. The fraction of sp³-hybridized carbons (Fsp3) is 0.278. The van der Waals surface area contributed by atoms with Crippen molar-refractivity contribution in [3.63, 3.8) is 0 Å². The molecule has 0 spiro atoms. The van der Waals surface area contributed by atoms with Crippen LogP contribution in [0, 0.1) is 0 Å². The van der Waals surface area contributed by atoms with E-state index >= 15 is 0 Å². The van der Waals surface area contributed by atoms with Crippen LogP contribution in [0.5, 0.6) is 0 Å². The maximum atomic E-state index is 5.87. The highest BCUT2D eigenvalue weighted by Crippen LogP contribution is 2.17. The highest BCUT2D eigenvalue weighted by molar-refractivity contribution is 7.80. The first-order chi connectivity index (χ1) is 11.7. The molecule has 0 radical (unpaired) electrons. The number of benzene rings is 2. The number of hydrogen-bond donors (Lipinski definition) is 2. The van der Waals surface area contributed by atoms with Crippen LogP contribution in [-0.4, -0.2) is 31.4 Å². The number of hydrogen-bond acceptors (Lipinski definition) is 3. The van der Waals surface area contributed by atoms with E-state index in [9.17, 15) is 0 Å². The summed E-state index contributed by atoms with van der Waals surface area (Å²) >= 11 is 11.2. The second-order valence-electron chi connectivity index (χ2n) is 5.58. The standard InChI is InChI=1S/C18H20ClN3OS/c19-15-3-5-16(6-4-15)21-18(24)20-13-14-1-7-17(8-2-14)22-9-11-23-12-10-22/h1-8H,9-13H2,(H2,20,21,24). The molecule has 0 aliphatic carbocycles. The zero-order valence-electron chi connectivity index (χ0n) is 13.3. The van der Waals surface area contributed by atoms with E-state index in [0.29, 0.717) is 16.7 Å². The Morgan fingerprint density at radius 1 is 1.04 bits per heavy atom. The number of ether oxygens (including phenoxy) is 1. The van der Waals surface area contributed by atoms with Gasteiger partial charge in [0.05, 0.1) is 13.2 Å². The van der Waals surface area contributed by atoms with Gasteiger partial charge in [-0.15, -0.1) is 0 Å². The maximum Gasteiger partial charge on any atom is 0.171 e. The molecule has 0 saturated carbocycles. The molecule has 2 aromatic rings. The van der Waals surface area contributed by atoms with Crippen molar-refractivity contribution >= 4 is 40.3 Å². The van der Waals surface area contributed by atoms with E-state index in [-0.39, 0.29) is 0 Å². The third kappa shape index (κ3) is 4.84. The summed E-state index contributed by atoms with van der Waals surface area (Å²) in [6, 6.07) is 16.0. The van der Waals surface area contributed by atoms with Gasteiger partial charge in [0.25, 0.3) is 0 Å². The number of thiocarbonyl (C=S) groups is 1. The molecular weight excluding hydrogens is 342 g/mol. The van der Waals surface area contributed by atoms with Crippen molar-refractivity contribution in [3.8, 4) is 0 Å². The Morgan fingerprint density at radius 2 is 1.71 bits per heavy atom. The van der Waals surface area contributed by atoms with E-state index < -0.39 is 0 Å². The largest absolute Gasteiger partial charge is 0.378 e. The molecule has 0 amide bonds. The van der Waals surface area contributed by atoms with Crippen LogP contribution in [0.3, 0.4) is 0 Å². The van der Waals surface area contributed by atoms with Crippen LogP contribution in [0.15, 0.2) is 48.5 Å². The van der Waals surface area contributed by atoms with Gasteiger partial charge in [-0.2, -0.15) is 0 Å². The fourth-order valence-electron chi connectivity index (χ4n) is 2.54. The van der Waals surface area contributed by atoms with Crippen LogP contribution in [-0.2, 0) is 11.3 Å². The number of rotatable bonds is 4. The number of nitrogens with zero attached hydrogens (tertiary/aromatic N) is 1. The Balaban J connectivity index is 1.49. The summed E-state index contributed by atoms with van der Waals surface area (Å²) in [6.45, 7) is 4.18. The van der Waals surface area contributed by atoms with Gasteiger partial charge in [-0.05, 0) is 54.2 Å². The first-order valence-corrected chi connectivity index (χ1v) is 8.71. The van der Waals surface area contributed by atoms with E-state index in [1.54, 1.807) is 0 Å². The Labute approximate surface area is 152 Å². The minimum Gasteiger partial charge on any atom is -0.378 e. The molecule has 126 valence electrons. The quantitative estimate of drug-likeness (QED) is 0.813. The number of morpholine rings is 1. The molecule has 0 atom stereocenters. The molecule has 0 bridgehead atoms. The van der Waals surface area contributed by atoms with Gasteiger partial charge >= 0.3 is 0 Å². The number of halogens is 1. The lowest BCUT2D eigenvalue weighted by Crippen LogP contribution is -2.36. The molecule has 1 aliphatic heterocycles. The number of anilines is 2. The molecule has 24 heavy (non-hydrogen) atoms. The maximum absolute atomic E-state index is 5.87. The first kappa shape index (κ1) is 17.0. The highest BCUT2D eigenvalue weighted by Gasteiger charge is 2.10. The van der Waals surface area contributed by atoms with Gasteiger partial charge < -0.3 is 20.3 Å². The average Bonchev–Trinajstić information content (AvgIpc) is 2.63. The second-order valence-corrected chi connectivity index (χ2v) is 6.43. The van der Waals surface area contributed by atoms with E-state index in [0.717, 1.165) is 32.0 Å². The van der Waals surface area contributed by atoms with Crippen LogP contribution in [0.4, 0.5) is 11.4 Å². The summed E-state index contributed by atoms with van der Waals surface area (Å²) in [5, 5.41) is 7.66. The molecule has 0 unspecified atom stereocenters. The Bertz CT molecular complexity index is 670. The van der Waals surface area contributed by atoms with Crippen molar-refractivity contribution in [1.29, 1.82) is 0 Å². The Hall–Kier alpha value is -1.82. The third-order valence-corrected chi connectivity index (χ3v) is 4.37. The fourth-order valence-corrected chi connectivity index (χ4v) is 2.85. The second kappa shape index (κ2) is 8.33. The molecule has 3 rings (SSSR count). The third-order valence-electron chi connectivity index (χ3n) is 3.87. The SMILES string of the molecule is S=C(NCc1ccc(N2CCOCC2)cc1)Nc1ccc(Cl)cc1. The summed E-state index contributed by atoms with van der Waals surface area (Å²) in [7, 11) is 0. The molecule has 1 heterocycles. The van der Waals surface area contributed by atoms with Gasteiger partial charge in [-0.25, -0.2) is 0 Å². The molecular formula is C18H20ClN3OS. The van der Waals surface area contributed by atoms with Gasteiger partial charge in [-0.3, -0.25) is 0 Å². The van der Waals surface area contributed by atoms with Gasteiger partial charge in [0.2, 0.25) is 0 Å². The van der Waals surface area contributed by atoms with Crippen molar-refractivity contribution in [2.24, 2.45) is 0 Å². The van der Waals surface area contributed by atoms with Gasteiger partial charge in [0, 0.05) is 36.0 Å². The summed E-state index contributed by atoms with van der Waals surface area (Å²) in [4.78, 5) is 2.34. The van der Waals surface area contributed by atoms with Crippen molar-refractivity contribution in [2.75, 3.05) is 36.5 Å². The van der Waals surface area contributed by atoms with Gasteiger partial charge in [-0.1, -0.05) is 23.7 Å². The topological polar surface area (TPSA) is 36.5 Å². The molecule has 1 fully saturated rings. The molecule has 1 saturated heterocycles. The minimum atomic E-state index is 0.592. The van der Waals surface area contributed by atoms with E-state index in [1.807, 2.05) is 24.3 Å². The Morgan fingerprint density at radius 3 is 2.38 bits per heavy atom. The van der Waals surface area contributed by atoms with Crippen LogP contribution < -0.4 is 15.5 Å². The Kier molecular flexibility index (Phi) is 5.91. The van der Waals surface area contributed by atoms with Gasteiger partial charge in [0.1, 0.15) is 0 Å². The van der Waals surface area contributed by atoms with Crippen molar-refractivity contribution in [2.45, 2.75) is 6.54 Å². The minimum absolute atomic E-state index is 0.592. The van der Waals surface area contributed by atoms with E-state index in [2.05, 4.69) is 39.8 Å². The summed E-state index contributed by atoms with van der Waals surface area (Å²) in [5.41, 5.74) is 3.34. The summed E-state index contributed by atoms with van der Waals surface area (Å²) < 4.78 is 5.38. The normalized spacial score (nSPS) is 14.3. The first-order valence-electron chi connectivity index (χ1n) is 7.93. The van der Waals surface area contributed by atoms with Crippen LogP contribution in [0.1, 0.15) is 5.56 Å². The van der Waals surface area contributed by atoms with E-state index in [4.69, 9.17) is 28.6 Å². The van der Waals surface area contributed by atoms with Crippen LogP contribution >= 0.6 is 23.8 Å². The van der Waals surface area contributed by atoms with Gasteiger partial charge in [0.15, 0.2) is 5.11 Å². The zero-order valence-corrected chi connectivity index (χ0v) is 14.9. The van der Waals surface area contributed by atoms with Crippen LogP contribution in [0.2, 0.25) is 5.02 Å². The lowest BCUT2D eigenvalue weighted by molar-refractivity contribution is 0.122. The van der Waals surface area contributed by atoms with Crippen LogP contribution in [0.25, 0.3) is 0 Å². The van der Waals surface area contributed by atoms with E-state index in [1.165, 1.54) is 11.3 Å². The predicted octanol–water partition coefficient (Wildman–Crippen LogP) is 3.66. The van der Waals surface area contributed by atoms with Crippen molar-refractivity contribution < 1.29 is 4.74 Å². The molecule has 4 nitrogen and oxygen atoms in total. The average molecular weight is 362 g/mol. The predicted molar refractivity (Wildman–Crippen MR) is 104 cm³/mol. The summed E-state index contributed by atoms with van der Waals surface area (Å²) in [6.07, 6.45) is 0. The molecule has 2 N–H and O–H groups in total. The molecule has 2 aromatic carbocycles. The lowest BCUT2D eigenvalue weighted by Gasteiger charge is -2.28. The molecule has 6 heteroatoms. The van der Waals surface area contributed by atoms with Crippen molar-refractivity contribution in [3.05, 3.63) is 59.1 Å². The summed E-state index contributed by atoms with van der Waals surface area (Å²) in [5.74, 6) is 0. The molecule has 1 aliphatic rings. The highest BCUT2D eigenvalue weighted by atomic mass is 35.5. The smallest absolute Gasteiger partial charge is 0.171 e. The zero-order chi connectivity index (χ0) is 16.8.